The van der Waals surface area contributed by atoms with Gasteiger partial charge in [-0.15, -0.1) is 0 Å². The molecule has 0 saturated heterocycles. The van der Waals surface area contributed by atoms with Crippen LogP contribution in [0.3, 0.4) is 0 Å². The van der Waals surface area contributed by atoms with E-state index >= 15 is 0 Å². The zero-order valence-corrected chi connectivity index (χ0v) is 20.8. The van der Waals surface area contributed by atoms with Crippen LogP contribution in [0.4, 0.5) is 0 Å². The van der Waals surface area contributed by atoms with Crippen LogP contribution < -0.4 is 9.47 Å². The van der Waals surface area contributed by atoms with Gasteiger partial charge in [-0.3, -0.25) is 0 Å². The van der Waals surface area contributed by atoms with E-state index in [2.05, 4.69) is 85.8 Å². The smallest absolute Gasteiger partial charge is 0.143 e. The molecule has 0 aliphatic heterocycles. The molecule has 4 rings (SSSR count). The summed E-state index contributed by atoms with van der Waals surface area (Å²) in [6.07, 6.45) is 2.00. The van der Waals surface area contributed by atoms with Crippen LogP contribution >= 0.6 is 0 Å². The van der Waals surface area contributed by atoms with E-state index < -0.39 is 5.60 Å². The summed E-state index contributed by atoms with van der Waals surface area (Å²) in [5, 5.41) is 0. The average Bonchev–Trinajstić information content (AvgIpc) is 2.94. The van der Waals surface area contributed by atoms with Crippen molar-refractivity contribution in [3.05, 3.63) is 131 Å². The van der Waals surface area contributed by atoms with Crippen molar-refractivity contribution in [2.45, 2.75) is 46.1 Å². The highest BCUT2D eigenvalue weighted by molar-refractivity contribution is 5.49. The van der Waals surface area contributed by atoms with Crippen molar-refractivity contribution in [3.8, 4) is 11.5 Å². The molecule has 4 aromatic rings. The first kappa shape index (κ1) is 29.7. The Balaban J connectivity index is 0.00000241. The third-order valence-electron chi connectivity index (χ3n) is 6.72. The molecule has 0 radical (unpaired) electrons. The Morgan fingerprint density at radius 1 is 0.595 bits per heavy atom. The molecule has 196 valence electrons. The molecule has 37 heavy (non-hydrogen) atoms. The molecule has 0 amide bonds. The van der Waals surface area contributed by atoms with Gasteiger partial charge in [0, 0.05) is 6.61 Å². The molecule has 0 aromatic heterocycles. The van der Waals surface area contributed by atoms with Crippen molar-refractivity contribution in [3.63, 3.8) is 0 Å². The maximum absolute atomic E-state index is 7.01. The molecule has 1 unspecified atom stereocenters. The fraction of sp³-hybridized carbons (Fsp3) is 0.294. The van der Waals surface area contributed by atoms with E-state index in [1.165, 1.54) is 5.56 Å². The van der Waals surface area contributed by atoms with Crippen LogP contribution in [0.25, 0.3) is 0 Å². The van der Waals surface area contributed by atoms with E-state index in [9.17, 15) is 0 Å². The molecule has 1 atom stereocenters. The third-order valence-corrected chi connectivity index (χ3v) is 6.72. The predicted octanol–water partition coefficient (Wildman–Crippen LogP) is 8.87. The topological polar surface area (TPSA) is 27.7 Å². The van der Waals surface area contributed by atoms with Crippen LogP contribution in [-0.4, -0.2) is 20.8 Å². The Bertz CT molecular complexity index is 1110. The van der Waals surface area contributed by atoms with Gasteiger partial charge in [0.15, 0.2) is 0 Å². The SMILES string of the molecule is C.C.CCC(CCOC(c1ccccc1)(c1ccc(OC)cc1)c1ccc(OC)cc1)c1ccccc1. The van der Waals surface area contributed by atoms with E-state index in [1.807, 2.05) is 30.3 Å². The Morgan fingerprint density at radius 3 is 1.46 bits per heavy atom. The standard InChI is InChI=1S/C32H34O3.2CH4/c1-4-25(26-11-7-5-8-12-26)23-24-35-32(27-13-9-6-10-14-27,28-15-19-30(33-2)20-16-28)29-17-21-31(34-3)22-18-29;;/h5-22,25H,4,23-24H2,1-3H3;2*1H4. The summed E-state index contributed by atoms with van der Waals surface area (Å²) in [5.41, 5.74) is 3.79. The maximum Gasteiger partial charge on any atom is 0.143 e. The Morgan fingerprint density at radius 2 is 1.03 bits per heavy atom. The first-order valence-electron chi connectivity index (χ1n) is 12.2. The van der Waals surface area contributed by atoms with Crippen LogP contribution in [0.5, 0.6) is 11.5 Å². The van der Waals surface area contributed by atoms with Crippen LogP contribution in [0.15, 0.2) is 109 Å². The van der Waals surface area contributed by atoms with Crippen LogP contribution in [-0.2, 0) is 10.3 Å². The van der Waals surface area contributed by atoms with Gasteiger partial charge in [0.2, 0.25) is 0 Å². The lowest BCUT2D eigenvalue weighted by Crippen LogP contribution is -2.33. The number of methoxy groups -OCH3 is 2. The maximum atomic E-state index is 7.01. The Kier molecular flexibility index (Phi) is 11.4. The second-order valence-electron chi connectivity index (χ2n) is 8.66. The monoisotopic (exact) mass is 498 g/mol. The van der Waals surface area contributed by atoms with Gasteiger partial charge in [0.1, 0.15) is 17.1 Å². The lowest BCUT2D eigenvalue weighted by Gasteiger charge is -2.36. The van der Waals surface area contributed by atoms with Gasteiger partial charge < -0.3 is 14.2 Å². The van der Waals surface area contributed by atoms with Gasteiger partial charge >= 0.3 is 0 Å². The van der Waals surface area contributed by atoms with Crippen molar-refractivity contribution in [1.29, 1.82) is 0 Å². The normalized spacial score (nSPS) is 11.5. The zero-order chi connectivity index (χ0) is 24.5. The summed E-state index contributed by atoms with van der Waals surface area (Å²) in [6, 6.07) is 37.6. The summed E-state index contributed by atoms with van der Waals surface area (Å²) in [7, 11) is 3.38. The zero-order valence-electron chi connectivity index (χ0n) is 20.8. The van der Waals surface area contributed by atoms with E-state index in [0.29, 0.717) is 12.5 Å². The number of rotatable bonds is 11. The lowest BCUT2D eigenvalue weighted by atomic mass is 9.80. The van der Waals surface area contributed by atoms with E-state index in [0.717, 1.165) is 41.0 Å². The molecule has 0 N–H and O–H groups in total. The number of ether oxygens (including phenoxy) is 3. The summed E-state index contributed by atoms with van der Waals surface area (Å²) >= 11 is 0. The van der Waals surface area contributed by atoms with Gasteiger partial charge in [-0.25, -0.2) is 0 Å². The molecular weight excluding hydrogens is 456 g/mol. The summed E-state index contributed by atoms with van der Waals surface area (Å²) in [4.78, 5) is 0. The highest BCUT2D eigenvalue weighted by Crippen LogP contribution is 2.42. The first-order valence-corrected chi connectivity index (χ1v) is 12.2. The fourth-order valence-corrected chi connectivity index (χ4v) is 4.76. The summed E-state index contributed by atoms with van der Waals surface area (Å²) in [5.74, 6) is 2.08. The van der Waals surface area contributed by atoms with Crippen molar-refractivity contribution in [2.75, 3.05) is 20.8 Å². The molecule has 0 spiro atoms. The minimum atomic E-state index is -0.769. The minimum absolute atomic E-state index is 0. The molecule has 3 heteroatoms. The van der Waals surface area contributed by atoms with Crippen molar-refractivity contribution >= 4 is 0 Å². The number of hydrogen-bond donors (Lipinski definition) is 0. The second kappa shape index (κ2) is 14.2. The van der Waals surface area contributed by atoms with Gasteiger partial charge in [-0.2, -0.15) is 0 Å². The highest BCUT2D eigenvalue weighted by Gasteiger charge is 2.38. The van der Waals surface area contributed by atoms with Gasteiger partial charge in [0.05, 0.1) is 14.2 Å². The summed E-state index contributed by atoms with van der Waals surface area (Å²) in [6.45, 7) is 2.86. The molecule has 0 aliphatic carbocycles. The Labute approximate surface area is 224 Å². The van der Waals surface area contributed by atoms with E-state index in [1.54, 1.807) is 14.2 Å². The van der Waals surface area contributed by atoms with Gasteiger partial charge in [0.25, 0.3) is 0 Å². The fourth-order valence-electron chi connectivity index (χ4n) is 4.76. The quantitative estimate of drug-likeness (QED) is 0.193. The molecular formula is C34H42O3. The predicted molar refractivity (Wildman–Crippen MR) is 156 cm³/mol. The first-order chi connectivity index (χ1) is 17.2. The molecule has 0 bridgehead atoms. The van der Waals surface area contributed by atoms with E-state index in [-0.39, 0.29) is 14.9 Å². The molecule has 0 aliphatic rings. The molecule has 4 aromatic carbocycles. The van der Waals surface area contributed by atoms with E-state index in [4.69, 9.17) is 14.2 Å². The van der Waals surface area contributed by atoms with Crippen molar-refractivity contribution in [2.24, 2.45) is 0 Å². The average molecular weight is 499 g/mol. The Hall–Kier alpha value is -3.56. The van der Waals surface area contributed by atoms with Crippen LogP contribution in [0.1, 0.15) is 62.8 Å². The molecule has 0 heterocycles. The molecule has 0 saturated carbocycles. The minimum Gasteiger partial charge on any atom is -0.497 e. The third kappa shape index (κ3) is 6.61. The largest absolute Gasteiger partial charge is 0.497 e. The van der Waals surface area contributed by atoms with Crippen molar-refractivity contribution < 1.29 is 14.2 Å². The lowest BCUT2D eigenvalue weighted by molar-refractivity contribution is 0.00876. The van der Waals surface area contributed by atoms with Crippen LogP contribution in [0, 0.1) is 0 Å². The highest BCUT2D eigenvalue weighted by atomic mass is 16.5. The van der Waals surface area contributed by atoms with Crippen LogP contribution in [0.2, 0.25) is 0 Å². The van der Waals surface area contributed by atoms with Gasteiger partial charge in [-0.05, 0) is 65.3 Å². The number of benzene rings is 4. The number of hydrogen-bond acceptors (Lipinski definition) is 3. The van der Waals surface area contributed by atoms with Crippen molar-refractivity contribution in [1.82, 2.24) is 0 Å². The second-order valence-corrected chi connectivity index (χ2v) is 8.66. The summed E-state index contributed by atoms with van der Waals surface area (Å²) < 4.78 is 17.9. The van der Waals surface area contributed by atoms with Gasteiger partial charge in [-0.1, -0.05) is 107 Å². The molecule has 3 nitrogen and oxygen atoms in total. The molecule has 0 fully saturated rings.